The van der Waals surface area contributed by atoms with E-state index in [9.17, 15) is 0 Å². The first-order chi connectivity index (χ1) is 4.91. The Morgan fingerprint density at radius 2 is 2.40 bits per heavy atom. The fourth-order valence-electron chi connectivity index (χ4n) is 1.68. The molecule has 0 aromatic heterocycles. The molecule has 2 heterocycles. The molecule has 0 bridgehead atoms. The van der Waals surface area contributed by atoms with E-state index in [1.165, 1.54) is 12.8 Å². The minimum atomic E-state index is 0.408. The highest BCUT2D eigenvalue weighted by atomic mass is 16.5. The molecule has 2 nitrogen and oxygen atoms in total. The van der Waals surface area contributed by atoms with Crippen molar-refractivity contribution in [3.05, 3.63) is 12.3 Å². The summed E-state index contributed by atoms with van der Waals surface area (Å²) in [6.07, 6.45) is 6.79. The van der Waals surface area contributed by atoms with Gasteiger partial charge in [0.1, 0.15) is 0 Å². The van der Waals surface area contributed by atoms with Crippen LogP contribution in [0.3, 0.4) is 0 Å². The summed E-state index contributed by atoms with van der Waals surface area (Å²) in [5, 5.41) is 3.20. The molecule has 2 aliphatic rings. The van der Waals surface area contributed by atoms with Gasteiger partial charge in [-0.25, -0.2) is 0 Å². The molecule has 0 aromatic rings. The van der Waals surface area contributed by atoms with Crippen LogP contribution in [0.2, 0.25) is 0 Å². The molecule has 10 heavy (non-hydrogen) atoms. The Kier molecular flexibility index (Phi) is 1.42. The molecule has 1 atom stereocenters. The van der Waals surface area contributed by atoms with E-state index in [1.54, 1.807) is 0 Å². The van der Waals surface area contributed by atoms with E-state index >= 15 is 0 Å². The van der Waals surface area contributed by atoms with Crippen LogP contribution in [0.25, 0.3) is 0 Å². The minimum Gasteiger partial charge on any atom is -0.391 e. The Balaban J connectivity index is 2.11. The molecule has 0 radical (unpaired) electrons. The molecular formula is C8H13NO. The van der Waals surface area contributed by atoms with E-state index in [4.69, 9.17) is 4.74 Å². The lowest BCUT2D eigenvalue weighted by Gasteiger charge is -2.26. The van der Waals surface area contributed by atoms with Crippen LogP contribution in [0, 0.1) is 5.41 Å². The molecule has 2 aliphatic heterocycles. The molecule has 56 valence electrons. The van der Waals surface area contributed by atoms with Gasteiger partial charge in [0.05, 0.1) is 6.61 Å². The van der Waals surface area contributed by atoms with Gasteiger partial charge in [-0.05, 0) is 19.0 Å². The van der Waals surface area contributed by atoms with E-state index in [0.717, 1.165) is 19.8 Å². The molecule has 0 saturated carbocycles. The van der Waals surface area contributed by atoms with Gasteiger partial charge in [0.2, 0.25) is 0 Å². The molecule has 2 heteroatoms. The van der Waals surface area contributed by atoms with E-state index in [1.807, 2.05) is 0 Å². The van der Waals surface area contributed by atoms with Gasteiger partial charge in [0.15, 0.2) is 0 Å². The lowest BCUT2D eigenvalue weighted by atomic mass is 9.82. The second kappa shape index (κ2) is 2.27. The zero-order valence-electron chi connectivity index (χ0n) is 6.10. The number of hydrogen-bond acceptors (Lipinski definition) is 2. The van der Waals surface area contributed by atoms with Gasteiger partial charge in [-0.15, -0.1) is 0 Å². The van der Waals surface area contributed by atoms with Crippen molar-refractivity contribution in [2.75, 3.05) is 19.8 Å². The quantitative estimate of drug-likeness (QED) is 0.538. The number of rotatable bonds is 0. The highest BCUT2D eigenvalue weighted by Gasteiger charge is 2.32. The van der Waals surface area contributed by atoms with Crippen LogP contribution in [0.5, 0.6) is 0 Å². The van der Waals surface area contributed by atoms with Crippen molar-refractivity contribution in [3.63, 3.8) is 0 Å². The summed E-state index contributed by atoms with van der Waals surface area (Å²) in [4.78, 5) is 0. The van der Waals surface area contributed by atoms with E-state index in [2.05, 4.69) is 17.6 Å². The van der Waals surface area contributed by atoms with Crippen molar-refractivity contribution < 1.29 is 4.74 Å². The third kappa shape index (κ3) is 0.926. The van der Waals surface area contributed by atoms with Gasteiger partial charge in [-0.2, -0.15) is 0 Å². The molecule has 0 amide bonds. The summed E-state index contributed by atoms with van der Waals surface area (Å²) < 4.78 is 5.36. The van der Waals surface area contributed by atoms with Gasteiger partial charge >= 0.3 is 0 Å². The molecule has 0 aliphatic carbocycles. The Morgan fingerprint density at radius 3 is 3.00 bits per heavy atom. The summed E-state index contributed by atoms with van der Waals surface area (Å²) >= 11 is 0. The summed E-state index contributed by atoms with van der Waals surface area (Å²) in [7, 11) is 0. The van der Waals surface area contributed by atoms with Crippen molar-refractivity contribution in [1.29, 1.82) is 0 Å². The average molecular weight is 139 g/mol. The predicted octanol–water partition coefficient (Wildman–Crippen LogP) is 0.900. The maximum Gasteiger partial charge on any atom is 0.0559 e. The van der Waals surface area contributed by atoms with Gasteiger partial charge in [-0.3, -0.25) is 0 Å². The van der Waals surface area contributed by atoms with Crippen LogP contribution >= 0.6 is 0 Å². The normalized spacial score (nSPS) is 38.4. The molecule has 1 spiro atoms. The maximum absolute atomic E-state index is 5.36. The predicted molar refractivity (Wildman–Crippen MR) is 39.6 cm³/mol. The van der Waals surface area contributed by atoms with E-state index in [0.29, 0.717) is 5.41 Å². The first-order valence-electron chi connectivity index (χ1n) is 3.90. The van der Waals surface area contributed by atoms with Crippen LogP contribution < -0.4 is 5.32 Å². The topological polar surface area (TPSA) is 21.3 Å². The van der Waals surface area contributed by atoms with Crippen LogP contribution in [0.15, 0.2) is 12.3 Å². The lowest BCUT2D eigenvalue weighted by Crippen LogP contribution is -2.28. The second-order valence-electron chi connectivity index (χ2n) is 3.20. The van der Waals surface area contributed by atoms with Gasteiger partial charge < -0.3 is 10.1 Å². The first kappa shape index (κ1) is 6.23. The fourth-order valence-corrected chi connectivity index (χ4v) is 1.68. The second-order valence-corrected chi connectivity index (χ2v) is 3.20. The van der Waals surface area contributed by atoms with E-state index < -0.39 is 0 Å². The molecule has 0 aromatic carbocycles. The molecule has 2 rings (SSSR count). The van der Waals surface area contributed by atoms with Gasteiger partial charge in [0.25, 0.3) is 0 Å². The molecule has 1 N–H and O–H groups in total. The number of nitrogens with one attached hydrogen (secondary N) is 1. The first-order valence-corrected chi connectivity index (χ1v) is 3.90. The van der Waals surface area contributed by atoms with Gasteiger partial charge in [0, 0.05) is 18.6 Å². The molecular weight excluding hydrogens is 126 g/mol. The number of hydrogen-bond donors (Lipinski definition) is 1. The van der Waals surface area contributed by atoms with Crippen molar-refractivity contribution in [2.45, 2.75) is 12.8 Å². The molecule has 1 fully saturated rings. The Bertz CT molecular complexity index is 147. The van der Waals surface area contributed by atoms with Crippen molar-refractivity contribution in [2.24, 2.45) is 5.41 Å². The Labute approximate surface area is 61.3 Å². The maximum atomic E-state index is 5.36. The largest absolute Gasteiger partial charge is 0.391 e. The van der Waals surface area contributed by atoms with Crippen molar-refractivity contribution in [1.82, 2.24) is 5.32 Å². The summed E-state index contributed by atoms with van der Waals surface area (Å²) in [5.41, 5.74) is 0.408. The summed E-state index contributed by atoms with van der Waals surface area (Å²) in [5.74, 6) is 0. The van der Waals surface area contributed by atoms with Crippen LogP contribution in [-0.4, -0.2) is 19.8 Å². The van der Waals surface area contributed by atoms with Crippen molar-refractivity contribution in [3.8, 4) is 0 Å². The van der Waals surface area contributed by atoms with Crippen LogP contribution in [0.4, 0.5) is 0 Å². The van der Waals surface area contributed by atoms with Crippen LogP contribution in [0.1, 0.15) is 12.8 Å². The Morgan fingerprint density at radius 1 is 1.40 bits per heavy atom. The minimum absolute atomic E-state index is 0.408. The third-order valence-corrected chi connectivity index (χ3v) is 2.46. The van der Waals surface area contributed by atoms with Crippen LogP contribution in [-0.2, 0) is 4.74 Å². The standard InChI is InChI=1S/C8H13NO/c1-4-9-5-2-8(1)3-6-10-7-8/h1,4,9H,2-3,5-7H2. The number of ether oxygens (including phenoxy) is 1. The molecule has 1 saturated heterocycles. The lowest BCUT2D eigenvalue weighted by molar-refractivity contribution is 0.164. The highest BCUT2D eigenvalue weighted by molar-refractivity contribution is 5.04. The fraction of sp³-hybridized carbons (Fsp3) is 0.750. The molecule has 1 unspecified atom stereocenters. The zero-order valence-corrected chi connectivity index (χ0v) is 6.10. The Hall–Kier alpha value is -0.500. The average Bonchev–Trinajstić information content (AvgIpc) is 2.39. The van der Waals surface area contributed by atoms with Crippen molar-refractivity contribution >= 4 is 0 Å². The van der Waals surface area contributed by atoms with E-state index in [-0.39, 0.29) is 0 Å². The monoisotopic (exact) mass is 139 g/mol. The summed E-state index contributed by atoms with van der Waals surface area (Å²) in [6.45, 7) is 3.00. The highest BCUT2D eigenvalue weighted by Crippen LogP contribution is 2.34. The van der Waals surface area contributed by atoms with Gasteiger partial charge in [-0.1, -0.05) is 6.08 Å². The smallest absolute Gasteiger partial charge is 0.0559 e. The SMILES string of the molecule is C1=CC2(CCN1)CCOC2. The zero-order chi connectivity index (χ0) is 6.86. The summed E-state index contributed by atoms with van der Waals surface area (Å²) in [6, 6.07) is 0. The third-order valence-electron chi connectivity index (χ3n) is 2.46.